The fourth-order valence-corrected chi connectivity index (χ4v) is 4.93. The molecule has 1 fully saturated rings. The molecule has 2 aromatic rings. The van der Waals surface area contributed by atoms with Gasteiger partial charge in [0.15, 0.2) is 0 Å². The number of halogens is 2. The Kier molecular flexibility index (Phi) is 6.22. The fraction of sp³-hybridized carbons (Fsp3) is 0.316. The van der Waals surface area contributed by atoms with E-state index in [0.717, 1.165) is 0 Å². The Hall–Kier alpha value is -2.16. The number of methoxy groups -OCH3 is 1. The predicted molar refractivity (Wildman–Crippen MR) is 105 cm³/mol. The van der Waals surface area contributed by atoms with Crippen LogP contribution < -0.4 is 10.1 Å². The van der Waals surface area contributed by atoms with Crippen LogP contribution in [0.2, 0.25) is 5.02 Å². The maximum Gasteiger partial charge on any atom is 0.243 e. The third-order valence-electron chi connectivity index (χ3n) is 4.72. The number of nitrogens with zero attached hydrogens (tertiary/aromatic N) is 1. The molecule has 0 aromatic heterocycles. The molecule has 0 saturated carbocycles. The Balaban J connectivity index is 1.65. The van der Waals surface area contributed by atoms with E-state index in [1.807, 2.05) is 0 Å². The lowest BCUT2D eigenvalue weighted by Gasteiger charge is -2.30. The van der Waals surface area contributed by atoms with Crippen LogP contribution in [0.3, 0.4) is 0 Å². The highest BCUT2D eigenvalue weighted by atomic mass is 35.5. The molecule has 2 aromatic carbocycles. The monoisotopic (exact) mass is 426 g/mol. The second-order valence-corrected chi connectivity index (χ2v) is 8.79. The molecule has 0 aliphatic carbocycles. The zero-order chi connectivity index (χ0) is 20.3. The van der Waals surface area contributed by atoms with Gasteiger partial charge in [-0.2, -0.15) is 4.31 Å². The summed E-state index contributed by atoms with van der Waals surface area (Å²) in [6.07, 6.45) is 0.701. The zero-order valence-corrected chi connectivity index (χ0v) is 16.8. The number of rotatable bonds is 5. The van der Waals surface area contributed by atoms with Gasteiger partial charge < -0.3 is 10.1 Å². The number of para-hydroxylation sites is 1. The maximum absolute atomic E-state index is 13.7. The number of hydrogen-bond donors (Lipinski definition) is 1. The van der Waals surface area contributed by atoms with Crippen molar-refractivity contribution in [3.63, 3.8) is 0 Å². The lowest BCUT2D eigenvalue weighted by molar-refractivity contribution is -0.120. The van der Waals surface area contributed by atoms with Crippen LogP contribution in [0.5, 0.6) is 5.75 Å². The molecule has 3 rings (SSSR count). The molecule has 1 aliphatic rings. The summed E-state index contributed by atoms with van der Waals surface area (Å²) in [4.78, 5) is 12.5. The SMILES string of the molecule is COc1ccc(S(=O)(=O)N2CCC(C(=O)Nc3ccccc3F)CC2)cc1Cl. The molecule has 0 radical (unpaired) electrons. The van der Waals surface area contributed by atoms with E-state index in [0.29, 0.717) is 18.6 Å². The average molecular weight is 427 g/mol. The number of ether oxygens (including phenoxy) is 1. The quantitative estimate of drug-likeness (QED) is 0.793. The molecule has 0 spiro atoms. The molecule has 6 nitrogen and oxygen atoms in total. The zero-order valence-electron chi connectivity index (χ0n) is 15.2. The fourth-order valence-electron chi connectivity index (χ4n) is 3.11. The van der Waals surface area contributed by atoms with Crippen molar-refractivity contribution < 1.29 is 22.3 Å². The van der Waals surface area contributed by atoms with Crippen molar-refractivity contribution >= 4 is 33.2 Å². The highest BCUT2D eigenvalue weighted by molar-refractivity contribution is 7.89. The topological polar surface area (TPSA) is 75.7 Å². The number of piperidine rings is 1. The van der Waals surface area contributed by atoms with Crippen molar-refractivity contribution in [3.8, 4) is 5.75 Å². The van der Waals surface area contributed by atoms with Gasteiger partial charge in [0.2, 0.25) is 15.9 Å². The number of anilines is 1. The lowest BCUT2D eigenvalue weighted by atomic mass is 9.97. The minimum absolute atomic E-state index is 0.0764. The molecular weight excluding hydrogens is 407 g/mol. The number of nitrogens with one attached hydrogen (secondary N) is 1. The summed E-state index contributed by atoms with van der Waals surface area (Å²) >= 11 is 6.04. The van der Waals surface area contributed by atoms with E-state index in [1.165, 1.54) is 41.7 Å². The second-order valence-electron chi connectivity index (χ2n) is 6.44. The van der Waals surface area contributed by atoms with Gasteiger partial charge in [0.25, 0.3) is 0 Å². The average Bonchev–Trinajstić information content (AvgIpc) is 2.69. The van der Waals surface area contributed by atoms with Gasteiger partial charge in [0, 0.05) is 19.0 Å². The molecule has 1 N–H and O–H groups in total. The van der Waals surface area contributed by atoms with E-state index in [9.17, 15) is 17.6 Å². The van der Waals surface area contributed by atoms with Crippen molar-refractivity contribution in [2.45, 2.75) is 17.7 Å². The minimum atomic E-state index is -3.72. The van der Waals surface area contributed by atoms with Gasteiger partial charge >= 0.3 is 0 Å². The predicted octanol–water partition coefficient (Wildman–Crippen LogP) is 3.53. The van der Waals surface area contributed by atoms with Gasteiger partial charge in [0.05, 0.1) is 22.7 Å². The highest BCUT2D eigenvalue weighted by Crippen LogP contribution is 2.30. The lowest BCUT2D eigenvalue weighted by Crippen LogP contribution is -2.41. The number of hydrogen-bond acceptors (Lipinski definition) is 4. The molecule has 1 heterocycles. The maximum atomic E-state index is 13.7. The van der Waals surface area contributed by atoms with Gasteiger partial charge in [-0.25, -0.2) is 12.8 Å². The summed E-state index contributed by atoms with van der Waals surface area (Å²) in [5, 5.41) is 2.78. The van der Waals surface area contributed by atoms with Crippen LogP contribution in [-0.4, -0.2) is 38.8 Å². The van der Waals surface area contributed by atoms with Crippen molar-refractivity contribution in [1.82, 2.24) is 4.31 Å². The van der Waals surface area contributed by atoms with E-state index in [2.05, 4.69) is 5.32 Å². The molecule has 1 aliphatic heterocycles. The molecule has 0 bridgehead atoms. The number of carbonyl (C=O) groups excluding carboxylic acids is 1. The van der Waals surface area contributed by atoms with Crippen molar-refractivity contribution in [2.75, 3.05) is 25.5 Å². The molecule has 0 atom stereocenters. The van der Waals surface area contributed by atoms with Gasteiger partial charge in [-0.1, -0.05) is 23.7 Å². The van der Waals surface area contributed by atoms with Gasteiger partial charge in [0.1, 0.15) is 11.6 Å². The van der Waals surface area contributed by atoms with Crippen molar-refractivity contribution in [2.24, 2.45) is 5.92 Å². The van der Waals surface area contributed by atoms with E-state index in [-0.39, 0.29) is 40.5 Å². The smallest absolute Gasteiger partial charge is 0.243 e. The first-order chi connectivity index (χ1) is 13.3. The molecule has 9 heteroatoms. The Morgan fingerprint density at radius 2 is 1.89 bits per heavy atom. The van der Waals surface area contributed by atoms with Crippen molar-refractivity contribution in [1.29, 1.82) is 0 Å². The van der Waals surface area contributed by atoms with Crippen LogP contribution in [-0.2, 0) is 14.8 Å². The first kappa shape index (κ1) is 20.6. The highest BCUT2D eigenvalue weighted by Gasteiger charge is 2.32. The van der Waals surface area contributed by atoms with Crippen molar-refractivity contribution in [3.05, 3.63) is 53.3 Å². The third-order valence-corrected chi connectivity index (χ3v) is 6.91. The summed E-state index contributed by atoms with van der Waals surface area (Å²) in [5.74, 6) is -0.809. The third kappa shape index (κ3) is 4.29. The Bertz CT molecular complexity index is 976. The van der Waals surface area contributed by atoms with Gasteiger partial charge in [-0.3, -0.25) is 4.79 Å². The molecule has 1 amide bonds. The van der Waals surface area contributed by atoms with E-state index in [1.54, 1.807) is 12.1 Å². The van der Waals surface area contributed by atoms with Crippen LogP contribution in [0, 0.1) is 11.7 Å². The van der Waals surface area contributed by atoms with Crippen LogP contribution in [0.15, 0.2) is 47.4 Å². The number of carbonyl (C=O) groups is 1. The van der Waals surface area contributed by atoms with Crippen LogP contribution in [0.25, 0.3) is 0 Å². The first-order valence-electron chi connectivity index (χ1n) is 8.72. The van der Waals surface area contributed by atoms with Crippen LogP contribution in [0.1, 0.15) is 12.8 Å². The molecule has 1 saturated heterocycles. The standard InChI is InChI=1S/C19H20ClFN2O4S/c1-27-18-7-6-14(12-15(18)20)28(25,26)23-10-8-13(9-11-23)19(24)22-17-5-3-2-4-16(17)21/h2-7,12-13H,8-11H2,1H3,(H,22,24). The van der Waals surface area contributed by atoms with E-state index in [4.69, 9.17) is 16.3 Å². The molecule has 150 valence electrons. The molecule has 28 heavy (non-hydrogen) atoms. The number of benzene rings is 2. The molecule has 0 unspecified atom stereocenters. The van der Waals surface area contributed by atoms with Crippen LogP contribution in [0.4, 0.5) is 10.1 Å². The number of amides is 1. The normalized spacial score (nSPS) is 16.0. The summed E-state index contributed by atoms with van der Waals surface area (Å²) in [6.45, 7) is 0.392. The minimum Gasteiger partial charge on any atom is -0.495 e. The van der Waals surface area contributed by atoms with Gasteiger partial charge in [-0.05, 0) is 43.2 Å². The Morgan fingerprint density at radius 3 is 2.50 bits per heavy atom. The van der Waals surface area contributed by atoms with Crippen LogP contribution >= 0.6 is 11.6 Å². The van der Waals surface area contributed by atoms with E-state index >= 15 is 0 Å². The Labute approximate surface area is 168 Å². The molecular formula is C19H20ClFN2O4S. The first-order valence-corrected chi connectivity index (χ1v) is 10.5. The summed E-state index contributed by atoms with van der Waals surface area (Å²) < 4.78 is 45.7. The number of sulfonamides is 1. The summed E-state index contributed by atoms with van der Waals surface area (Å²) in [6, 6.07) is 10.2. The summed E-state index contributed by atoms with van der Waals surface area (Å²) in [7, 11) is -2.27. The largest absolute Gasteiger partial charge is 0.495 e. The second kappa shape index (κ2) is 8.46. The Morgan fingerprint density at radius 1 is 1.21 bits per heavy atom. The summed E-state index contributed by atoms with van der Waals surface area (Å²) in [5.41, 5.74) is 0.121. The van der Waals surface area contributed by atoms with Gasteiger partial charge in [-0.15, -0.1) is 0 Å². The van der Waals surface area contributed by atoms with E-state index < -0.39 is 15.8 Å².